The quantitative estimate of drug-likeness (QED) is 0.785. The molecule has 0 saturated heterocycles. The maximum atomic E-state index is 12.7. The summed E-state index contributed by atoms with van der Waals surface area (Å²) in [5.74, 6) is -0.723. The molecule has 23 heavy (non-hydrogen) atoms. The molecule has 0 aliphatic heterocycles. The second-order valence-corrected chi connectivity index (χ2v) is 8.11. The zero-order valence-corrected chi connectivity index (χ0v) is 15.1. The minimum Gasteiger partial charge on any atom is -0.369 e. The molecule has 122 valence electrons. The number of halogens is 2. The molecule has 0 saturated carbocycles. The summed E-state index contributed by atoms with van der Waals surface area (Å²) < 4.78 is 27.3. The van der Waals surface area contributed by atoms with Crippen LogP contribution in [0.4, 0.5) is 0 Å². The number of hydrogen-bond acceptors (Lipinski definition) is 3. The lowest BCUT2D eigenvalue weighted by Gasteiger charge is -2.21. The van der Waals surface area contributed by atoms with E-state index in [1.807, 2.05) is 0 Å². The van der Waals surface area contributed by atoms with E-state index < -0.39 is 22.5 Å². The van der Waals surface area contributed by atoms with Gasteiger partial charge in [-0.2, -0.15) is 4.31 Å². The average Bonchev–Trinajstić information content (AvgIpc) is 2.49. The fourth-order valence-corrected chi connectivity index (χ4v) is 3.73. The van der Waals surface area contributed by atoms with Crippen molar-refractivity contribution in [3.8, 4) is 0 Å². The van der Waals surface area contributed by atoms with Gasteiger partial charge in [-0.15, -0.1) is 0 Å². The van der Waals surface area contributed by atoms with Gasteiger partial charge >= 0.3 is 0 Å². The summed E-state index contributed by atoms with van der Waals surface area (Å²) in [4.78, 5) is 11.4. The van der Waals surface area contributed by atoms with Gasteiger partial charge < -0.3 is 5.73 Å². The van der Waals surface area contributed by atoms with E-state index in [1.165, 1.54) is 12.1 Å². The second kappa shape index (κ2) is 7.44. The van der Waals surface area contributed by atoms with Gasteiger partial charge in [-0.3, -0.25) is 4.79 Å². The van der Waals surface area contributed by atoms with Gasteiger partial charge in [-0.1, -0.05) is 39.7 Å². The van der Waals surface area contributed by atoms with Crippen molar-refractivity contribution in [1.29, 1.82) is 0 Å². The first-order valence-electron chi connectivity index (χ1n) is 6.57. The topological polar surface area (TPSA) is 80.5 Å². The van der Waals surface area contributed by atoms with Gasteiger partial charge in [0.25, 0.3) is 0 Å². The van der Waals surface area contributed by atoms with E-state index in [4.69, 9.17) is 17.3 Å². The lowest BCUT2D eigenvalue weighted by atomic mass is 10.2. The first-order chi connectivity index (χ1) is 10.8. The number of benzene rings is 2. The third-order valence-corrected chi connectivity index (χ3v) is 5.64. The summed E-state index contributed by atoms with van der Waals surface area (Å²) in [7, 11) is -3.84. The van der Waals surface area contributed by atoms with E-state index in [9.17, 15) is 13.2 Å². The van der Waals surface area contributed by atoms with Crippen LogP contribution in [-0.4, -0.2) is 25.2 Å². The third kappa shape index (κ3) is 4.78. The summed E-state index contributed by atoms with van der Waals surface area (Å²) in [5.41, 5.74) is 5.90. The van der Waals surface area contributed by atoms with E-state index in [-0.39, 0.29) is 11.4 Å². The first-order valence-corrected chi connectivity index (χ1v) is 9.18. The molecule has 2 aromatic carbocycles. The molecule has 2 rings (SSSR count). The fourth-order valence-electron chi connectivity index (χ4n) is 1.95. The van der Waals surface area contributed by atoms with Crippen molar-refractivity contribution in [2.75, 3.05) is 6.54 Å². The maximum absolute atomic E-state index is 12.7. The molecule has 0 atom stereocenters. The van der Waals surface area contributed by atoms with Crippen LogP contribution in [0.2, 0.25) is 5.02 Å². The predicted octanol–water partition coefficient (Wildman–Crippen LogP) is 2.78. The Labute approximate surface area is 148 Å². The summed E-state index contributed by atoms with van der Waals surface area (Å²) in [5, 5.41) is 0.547. The van der Waals surface area contributed by atoms with Crippen molar-refractivity contribution in [3.63, 3.8) is 0 Å². The molecule has 0 bridgehead atoms. The Morgan fingerprint density at radius 3 is 2.17 bits per heavy atom. The van der Waals surface area contributed by atoms with Crippen molar-refractivity contribution in [1.82, 2.24) is 4.31 Å². The Balaban J connectivity index is 2.34. The fraction of sp³-hybridized carbons (Fsp3) is 0.133. The molecule has 0 heterocycles. The molecular formula is C15H14BrClN2O3S. The van der Waals surface area contributed by atoms with E-state index in [1.54, 1.807) is 36.4 Å². The van der Waals surface area contributed by atoms with E-state index in [2.05, 4.69) is 15.9 Å². The zero-order valence-electron chi connectivity index (χ0n) is 11.9. The number of nitrogens with two attached hydrogens (primary N) is 1. The van der Waals surface area contributed by atoms with E-state index >= 15 is 0 Å². The Kier molecular flexibility index (Phi) is 5.80. The van der Waals surface area contributed by atoms with Crippen LogP contribution in [0.3, 0.4) is 0 Å². The summed E-state index contributed by atoms with van der Waals surface area (Å²) >= 11 is 9.08. The van der Waals surface area contributed by atoms with Crippen molar-refractivity contribution >= 4 is 43.5 Å². The molecule has 0 radical (unpaired) electrons. The molecular weight excluding hydrogens is 404 g/mol. The molecule has 0 spiro atoms. The highest BCUT2D eigenvalue weighted by molar-refractivity contribution is 9.10. The number of carbonyl (C=O) groups excluding carboxylic acids is 1. The van der Waals surface area contributed by atoms with Crippen molar-refractivity contribution in [2.45, 2.75) is 11.4 Å². The number of amides is 1. The Morgan fingerprint density at radius 1 is 1.09 bits per heavy atom. The number of primary amides is 1. The summed E-state index contributed by atoms with van der Waals surface area (Å²) in [6.07, 6.45) is 0. The standard InChI is InChI=1S/C15H14BrClN2O3S/c16-12-3-7-14(8-4-12)23(21,22)19(10-15(18)20)9-11-1-5-13(17)6-2-11/h1-8H,9-10H2,(H2,18,20). The van der Waals surface area contributed by atoms with Gasteiger partial charge in [-0.05, 0) is 42.0 Å². The van der Waals surface area contributed by atoms with Crippen LogP contribution in [0.15, 0.2) is 57.9 Å². The monoisotopic (exact) mass is 416 g/mol. The number of nitrogens with zero attached hydrogens (tertiary/aromatic N) is 1. The predicted molar refractivity (Wildman–Crippen MR) is 92.4 cm³/mol. The first kappa shape index (κ1) is 17.9. The van der Waals surface area contributed by atoms with E-state index in [0.717, 1.165) is 8.78 Å². The van der Waals surface area contributed by atoms with Crippen molar-refractivity contribution in [3.05, 3.63) is 63.6 Å². The van der Waals surface area contributed by atoms with Crippen LogP contribution in [-0.2, 0) is 21.4 Å². The summed E-state index contributed by atoms with van der Waals surface area (Å²) in [6.45, 7) is -0.375. The largest absolute Gasteiger partial charge is 0.369 e. The summed E-state index contributed by atoms with van der Waals surface area (Å²) in [6, 6.07) is 12.9. The molecule has 0 aliphatic rings. The van der Waals surface area contributed by atoms with Crippen LogP contribution in [0.25, 0.3) is 0 Å². The van der Waals surface area contributed by atoms with Gasteiger partial charge in [0.1, 0.15) is 0 Å². The number of rotatable bonds is 6. The smallest absolute Gasteiger partial charge is 0.243 e. The van der Waals surface area contributed by atoms with Crippen LogP contribution >= 0.6 is 27.5 Å². The molecule has 1 amide bonds. The van der Waals surface area contributed by atoms with Crippen LogP contribution < -0.4 is 5.73 Å². The zero-order chi connectivity index (χ0) is 17.0. The normalized spacial score (nSPS) is 11.6. The molecule has 0 fully saturated rings. The molecule has 2 N–H and O–H groups in total. The number of carbonyl (C=O) groups is 1. The average molecular weight is 418 g/mol. The Bertz CT molecular complexity index is 792. The second-order valence-electron chi connectivity index (χ2n) is 4.82. The van der Waals surface area contributed by atoms with Crippen LogP contribution in [0.1, 0.15) is 5.56 Å². The Morgan fingerprint density at radius 2 is 1.65 bits per heavy atom. The van der Waals surface area contributed by atoms with Gasteiger partial charge in [0.2, 0.25) is 15.9 Å². The Hall–Kier alpha value is -1.41. The highest BCUT2D eigenvalue weighted by Crippen LogP contribution is 2.21. The van der Waals surface area contributed by atoms with Gasteiger partial charge in [0.05, 0.1) is 11.4 Å². The number of sulfonamides is 1. The minimum atomic E-state index is -3.84. The highest BCUT2D eigenvalue weighted by Gasteiger charge is 2.26. The van der Waals surface area contributed by atoms with Gasteiger partial charge in [0.15, 0.2) is 0 Å². The minimum absolute atomic E-state index is 0.0263. The van der Waals surface area contributed by atoms with Crippen molar-refractivity contribution in [2.24, 2.45) is 5.73 Å². The maximum Gasteiger partial charge on any atom is 0.243 e. The number of hydrogen-bond donors (Lipinski definition) is 1. The molecule has 0 unspecified atom stereocenters. The van der Waals surface area contributed by atoms with E-state index in [0.29, 0.717) is 10.6 Å². The van der Waals surface area contributed by atoms with Crippen LogP contribution in [0.5, 0.6) is 0 Å². The highest BCUT2D eigenvalue weighted by atomic mass is 79.9. The van der Waals surface area contributed by atoms with Crippen molar-refractivity contribution < 1.29 is 13.2 Å². The lowest BCUT2D eigenvalue weighted by Crippen LogP contribution is -2.37. The van der Waals surface area contributed by atoms with Gasteiger partial charge in [-0.25, -0.2) is 8.42 Å². The molecule has 0 aliphatic carbocycles. The lowest BCUT2D eigenvalue weighted by molar-refractivity contribution is -0.118. The SMILES string of the molecule is NC(=O)CN(Cc1ccc(Cl)cc1)S(=O)(=O)c1ccc(Br)cc1. The van der Waals surface area contributed by atoms with Gasteiger partial charge in [0, 0.05) is 16.0 Å². The molecule has 0 aromatic heterocycles. The third-order valence-electron chi connectivity index (χ3n) is 3.06. The molecule has 8 heteroatoms. The van der Waals surface area contributed by atoms with Crippen LogP contribution in [0, 0.1) is 0 Å². The molecule has 2 aromatic rings. The molecule has 5 nitrogen and oxygen atoms in total.